The van der Waals surface area contributed by atoms with Crippen LogP contribution in [0.2, 0.25) is 0 Å². The average Bonchev–Trinajstić information content (AvgIpc) is 3.61. The first-order valence-corrected chi connectivity index (χ1v) is 31.3. The summed E-state index contributed by atoms with van der Waals surface area (Å²) < 4.78 is 180. The molecule has 0 saturated heterocycles. The second-order valence-corrected chi connectivity index (χ2v) is 27.2. The molecule has 406 valence electrons. The Morgan fingerprint density at radius 3 is 1.80 bits per heavy atom. The van der Waals surface area contributed by atoms with E-state index in [4.69, 9.17) is 0 Å². The molecular formula is C49H59N3Na5O17S5+. The quantitative estimate of drug-likeness (QED) is 0.0555. The second kappa shape index (κ2) is 30.2. The summed E-state index contributed by atoms with van der Waals surface area (Å²) in [6.45, 7) is 12.1. The minimum atomic E-state index is -5.33. The fourth-order valence-electron chi connectivity index (χ4n) is 10.3. The molecule has 79 heavy (non-hydrogen) atoms. The van der Waals surface area contributed by atoms with Crippen molar-refractivity contribution in [2.24, 2.45) is 5.92 Å². The van der Waals surface area contributed by atoms with Crippen LogP contribution in [0, 0.1) is 5.92 Å². The zero-order chi connectivity index (χ0) is 55.1. The average molecular weight is 1240 g/mol. The Balaban J connectivity index is 0.00000624. The van der Waals surface area contributed by atoms with Crippen molar-refractivity contribution in [2.75, 3.05) is 53.2 Å². The Bertz CT molecular complexity index is 3490. The van der Waals surface area contributed by atoms with Crippen LogP contribution < -0.4 is 158 Å². The van der Waals surface area contributed by atoms with Gasteiger partial charge < -0.3 is 37.7 Å². The van der Waals surface area contributed by atoms with Gasteiger partial charge in [0.05, 0.1) is 51.5 Å². The molecule has 3 aromatic rings. The Labute approximate surface area is 575 Å². The van der Waals surface area contributed by atoms with E-state index < -0.39 is 100 Å². The number of aliphatic carboxylic acids is 1. The van der Waals surface area contributed by atoms with E-state index in [1.807, 2.05) is 58.0 Å². The van der Waals surface area contributed by atoms with Gasteiger partial charge in [0.2, 0.25) is 5.69 Å². The molecule has 6 rings (SSSR count). The van der Waals surface area contributed by atoms with Crippen LogP contribution in [0.5, 0.6) is 0 Å². The van der Waals surface area contributed by atoms with Gasteiger partial charge in [-0.3, -0.25) is 4.79 Å². The summed E-state index contributed by atoms with van der Waals surface area (Å²) in [5, 5.41) is 10.3. The molecule has 1 unspecified atom stereocenters. The third kappa shape index (κ3) is 19.3. The number of carbonyl (C=O) groups is 1. The van der Waals surface area contributed by atoms with E-state index in [0.717, 1.165) is 41.4 Å². The Hall–Kier alpha value is 0.170. The van der Waals surface area contributed by atoms with Crippen molar-refractivity contribution in [2.45, 2.75) is 107 Å². The van der Waals surface area contributed by atoms with E-state index in [9.17, 15) is 74.8 Å². The maximum Gasteiger partial charge on any atom is 1.00 e. The van der Waals surface area contributed by atoms with Crippen LogP contribution in [0.15, 0.2) is 99.0 Å². The SMILES string of the molecule is CCCCN1C(=CC=C2CC(C(=O)O)CC(C=CC3=[N+](CCCS(=O)(=O)[O-])c4ccc5c(S(=O)(=O)[O-])cc(S(=O)(=O)[O-])cc5c4C3(C)C)=C2C)C(C)(C)c2cc(N(CCCS(=O)(=O)[O-])CCCS(=O)(=O)[O-])ccc21.[Na+].[Na+].[Na+].[Na+].[Na+]. The summed E-state index contributed by atoms with van der Waals surface area (Å²) in [6.07, 6.45) is 8.92. The predicted molar refractivity (Wildman–Crippen MR) is 273 cm³/mol. The molecule has 0 spiro atoms. The summed E-state index contributed by atoms with van der Waals surface area (Å²) in [5.41, 5.74) is 4.57. The molecule has 0 radical (unpaired) electrons. The van der Waals surface area contributed by atoms with Crippen molar-refractivity contribution < 1.29 is 227 Å². The predicted octanol–water partition coefficient (Wildman–Crippen LogP) is -9.57. The minimum absolute atomic E-state index is 0. The van der Waals surface area contributed by atoms with Crippen molar-refractivity contribution >= 4 is 90.1 Å². The van der Waals surface area contributed by atoms with Gasteiger partial charge in [0.1, 0.15) is 26.8 Å². The zero-order valence-corrected chi connectivity index (χ0v) is 60.8. The normalized spacial score (nSPS) is 18.1. The number of fused-ring (bicyclic) bond motifs is 4. The zero-order valence-electron chi connectivity index (χ0n) is 46.7. The molecule has 2 heterocycles. The monoisotopic (exact) mass is 1240 g/mol. The number of carboxylic acid groups (broad SMARTS) is 1. The largest absolute Gasteiger partial charge is 1.00 e. The smallest absolute Gasteiger partial charge is 0.748 e. The van der Waals surface area contributed by atoms with Gasteiger partial charge in [-0.25, -0.2) is 42.1 Å². The van der Waals surface area contributed by atoms with Crippen LogP contribution >= 0.6 is 0 Å². The van der Waals surface area contributed by atoms with Crippen molar-refractivity contribution in [3.05, 3.63) is 100 Å². The third-order valence-corrected chi connectivity index (χ3v) is 18.0. The molecule has 0 saturated carbocycles. The van der Waals surface area contributed by atoms with Crippen LogP contribution in [0.25, 0.3) is 10.8 Å². The second-order valence-electron chi connectivity index (χ2n) is 19.9. The van der Waals surface area contributed by atoms with E-state index in [1.165, 1.54) is 12.1 Å². The first kappa shape index (κ1) is 77.2. The molecule has 1 atom stereocenters. The van der Waals surface area contributed by atoms with Crippen molar-refractivity contribution in [1.29, 1.82) is 0 Å². The van der Waals surface area contributed by atoms with Gasteiger partial charge in [-0.2, -0.15) is 4.58 Å². The fraction of sp³-hybridized carbons (Fsp3) is 0.469. The molecule has 0 bridgehead atoms. The van der Waals surface area contributed by atoms with E-state index in [0.29, 0.717) is 46.4 Å². The number of nitrogens with zero attached hydrogens (tertiary/aromatic N) is 3. The van der Waals surface area contributed by atoms with Gasteiger partial charge in [-0.1, -0.05) is 39.3 Å². The van der Waals surface area contributed by atoms with Crippen LogP contribution in [-0.4, -0.2) is 130 Å². The van der Waals surface area contributed by atoms with E-state index in [-0.39, 0.29) is 210 Å². The molecule has 1 aliphatic carbocycles. The van der Waals surface area contributed by atoms with Gasteiger partial charge in [0, 0.05) is 88.9 Å². The van der Waals surface area contributed by atoms with Crippen LogP contribution in [-0.2, 0) is 66.2 Å². The van der Waals surface area contributed by atoms with Gasteiger partial charge in [-0.05, 0) is 123 Å². The Morgan fingerprint density at radius 1 is 0.709 bits per heavy atom. The first-order valence-electron chi connectivity index (χ1n) is 23.7. The molecule has 0 fully saturated rings. The molecule has 3 aromatic carbocycles. The van der Waals surface area contributed by atoms with Gasteiger partial charge >= 0.3 is 154 Å². The molecule has 1 N–H and O–H groups in total. The van der Waals surface area contributed by atoms with E-state index in [1.54, 1.807) is 35.5 Å². The number of allylic oxidation sites excluding steroid dienone is 8. The van der Waals surface area contributed by atoms with E-state index in [2.05, 4.69) is 4.90 Å². The topological polar surface area (TPSA) is 333 Å². The molecule has 0 amide bonds. The first-order chi connectivity index (χ1) is 34.0. The molecular weight excluding hydrogens is 1180 g/mol. The number of anilines is 2. The molecule has 30 heteroatoms. The number of hydrogen-bond acceptors (Lipinski definition) is 18. The fourth-order valence-corrected chi connectivity index (χ4v) is 13.1. The van der Waals surface area contributed by atoms with Crippen molar-refractivity contribution in [3.63, 3.8) is 0 Å². The Morgan fingerprint density at radius 2 is 1.28 bits per heavy atom. The van der Waals surface area contributed by atoms with E-state index >= 15 is 0 Å². The summed E-state index contributed by atoms with van der Waals surface area (Å²) >= 11 is 0. The third-order valence-electron chi connectivity index (χ3n) is 14.0. The molecule has 0 aromatic heterocycles. The molecule has 20 nitrogen and oxygen atoms in total. The minimum Gasteiger partial charge on any atom is -0.748 e. The number of hydrogen-bond donors (Lipinski definition) is 1. The maximum absolute atomic E-state index is 12.8. The van der Waals surface area contributed by atoms with Crippen LogP contribution in [0.1, 0.15) is 97.6 Å². The summed E-state index contributed by atoms with van der Waals surface area (Å²) in [5.74, 6) is -3.96. The summed E-state index contributed by atoms with van der Waals surface area (Å²) in [7, 11) is -24.4. The molecule has 3 aliphatic rings. The number of unbranched alkanes of at least 4 members (excludes halogenated alkanes) is 1. The van der Waals surface area contributed by atoms with Gasteiger partial charge in [-0.15, -0.1) is 0 Å². The Kier molecular flexibility index (Phi) is 29.5. The number of carboxylic acids is 1. The van der Waals surface area contributed by atoms with Crippen molar-refractivity contribution in [1.82, 2.24) is 0 Å². The number of benzene rings is 3. The van der Waals surface area contributed by atoms with Gasteiger partial charge in [0.25, 0.3) is 0 Å². The number of rotatable bonds is 22. The van der Waals surface area contributed by atoms with Crippen LogP contribution in [0.4, 0.5) is 17.1 Å². The summed E-state index contributed by atoms with van der Waals surface area (Å²) in [4.78, 5) is 14.9. The van der Waals surface area contributed by atoms with Gasteiger partial charge in [0.15, 0.2) is 5.71 Å². The standard InChI is InChI=1S/C49H63N3O17S5.5Na/c1-7-8-22-51-41-16-14-36(50(20-9-24-70(55,56)57)21-10-25-71(58,59)60)29-40(41)48(3,4)44(51)18-12-33-27-35(47(53)54)28-34(32(33)2)13-19-45-49(5,6)46-39-30-37(73(64,65)66)31-43(74(67,68)69)38(39)15-17-42(46)52(45)23-11-26-72(61,62)63;;;;;/h12-19,29-31,35H,7-11,20-28H2,1-6H3,(H5-,53,54,55,56,57,58,59,60,61,62,63,64,65,66,67,68,69);;;;;/q;5*+1/p-4. The summed E-state index contributed by atoms with van der Waals surface area (Å²) in [6, 6.07) is 9.92. The maximum atomic E-state index is 12.8. The molecule has 2 aliphatic heterocycles. The van der Waals surface area contributed by atoms with Crippen molar-refractivity contribution in [3.8, 4) is 0 Å². The van der Waals surface area contributed by atoms with Crippen LogP contribution in [0.3, 0.4) is 0 Å².